The summed E-state index contributed by atoms with van der Waals surface area (Å²) in [5, 5.41) is 3.69. The first-order valence-corrected chi connectivity index (χ1v) is 9.24. The Balaban J connectivity index is 1.61. The maximum Gasteiger partial charge on any atom is 0.219 e. The lowest BCUT2D eigenvalue weighted by Crippen LogP contribution is -2.33. The van der Waals surface area contributed by atoms with Gasteiger partial charge in [-0.15, -0.1) is 0 Å². The van der Waals surface area contributed by atoms with Gasteiger partial charge in [0.15, 0.2) is 5.76 Å². The highest BCUT2D eigenvalue weighted by molar-refractivity contribution is 7.88. The number of rotatable bonds is 5. The smallest absolute Gasteiger partial charge is 0.219 e. The lowest BCUT2D eigenvalue weighted by atomic mass is 9.97. The van der Waals surface area contributed by atoms with Gasteiger partial charge in [0.2, 0.25) is 10.0 Å². The van der Waals surface area contributed by atoms with Gasteiger partial charge in [-0.05, 0) is 49.8 Å². The topological polar surface area (TPSA) is 72.2 Å². The molecule has 0 unspecified atom stereocenters. The van der Waals surface area contributed by atoms with Crippen molar-refractivity contribution >= 4 is 10.0 Å². The average molecular weight is 338 g/mol. The van der Waals surface area contributed by atoms with Gasteiger partial charge in [-0.3, -0.25) is 0 Å². The zero-order chi connectivity index (χ0) is 16.4. The molecule has 1 aliphatic rings. The van der Waals surface area contributed by atoms with Crippen LogP contribution < -0.4 is 4.72 Å². The molecule has 0 amide bonds. The van der Waals surface area contributed by atoms with E-state index in [1.54, 1.807) is 19.1 Å². The Bertz CT molecular complexity index is 788. The van der Waals surface area contributed by atoms with Gasteiger partial charge < -0.3 is 4.52 Å². The van der Waals surface area contributed by atoms with Crippen LogP contribution in [0.4, 0.5) is 4.39 Å². The minimum atomic E-state index is -3.48. The van der Waals surface area contributed by atoms with Crippen molar-refractivity contribution in [2.45, 2.75) is 43.9 Å². The third-order valence-corrected chi connectivity index (χ3v) is 5.46. The highest BCUT2D eigenvalue weighted by atomic mass is 32.2. The minimum absolute atomic E-state index is 0.128. The van der Waals surface area contributed by atoms with E-state index in [2.05, 4.69) is 9.88 Å². The van der Waals surface area contributed by atoms with Gasteiger partial charge in [0, 0.05) is 12.1 Å². The molecule has 1 aliphatic carbocycles. The molecular formula is C16H19FN2O3S. The van der Waals surface area contributed by atoms with Crippen molar-refractivity contribution < 1.29 is 17.3 Å². The van der Waals surface area contributed by atoms with E-state index in [0.29, 0.717) is 17.9 Å². The SMILES string of the molecule is Cc1cc(CS(=O)(=O)N[C@@H]2CC[C@H](c3cccc(F)c3)C2)on1. The van der Waals surface area contributed by atoms with E-state index in [4.69, 9.17) is 4.52 Å². The Morgan fingerprint density at radius 3 is 2.87 bits per heavy atom. The minimum Gasteiger partial charge on any atom is -0.360 e. The number of halogens is 1. The molecule has 0 spiro atoms. The maximum absolute atomic E-state index is 13.3. The molecule has 7 heteroatoms. The first kappa shape index (κ1) is 16.1. The molecule has 23 heavy (non-hydrogen) atoms. The summed E-state index contributed by atoms with van der Waals surface area (Å²) in [6, 6.07) is 8.01. The van der Waals surface area contributed by atoms with Crippen LogP contribution in [0.15, 0.2) is 34.9 Å². The zero-order valence-corrected chi connectivity index (χ0v) is 13.6. The summed E-state index contributed by atoms with van der Waals surface area (Å²) in [4.78, 5) is 0. The van der Waals surface area contributed by atoms with Gasteiger partial charge in [0.1, 0.15) is 11.6 Å². The first-order valence-electron chi connectivity index (χ1n) is 7.59. The van der Waals surface area contributed by atoms with Crippen LogP contribution in [0.5, 0.6) is 0 Å². The average Bonchev–Trinajstić information content (AvgIpc) is 3.07. The normalized spacial score (nSPS) is 21.7. The predicted molar refractivity (Wildman–Crippen MR) is 83.8 cm³/mol. The highest BCUT2D eigenvalue weighted by Crippen LogP contribution is 2.35. The van der Waals surface area contributed by atoms with E-state index in [1.165, 1.54) is 12.1 Å². The van der Waals surface area contributed by atoms with E-state index < -0.39 is 10.0 Å². The quantitative estimate of drug-likeness (QED) is 0.910. The van der Waals surface area contributed by atoms with Crippen molar-refractivity contribution in [3.8, 4) is 0 Å². The highest BCUT2D eigenvalue weighted by Gasteiger charge is 2.29. The Labute approximate surface area is 134 Å². The van der Waals surface area contributed by atoms with E-state index >= 15 is 0 Å². The Morgan fingerprint density at radius 2 is 2.17 bits per heavy atom. The summed E-state index contributed by atoms with van der Waals surface area (Å²) in [7, 11) is -3.48. The van der Waals surface area contributed by atoms with Gasteiger partial charge >= 0.3 is 0 Å². The predicted octanol–water partition coefficient (Wildman–Crippen LogP) is 2.88. The Kier molecular flexibility index (Phi) is 4.50. The third-order valence-electron chi connectivity index (χ3n) is 4.11. The number of aromatic nitrogens is 1. The molecule has 0 saturated heterocycles. The molecule has 1 aromatic heterocycles. The van der Waals surface area contributed by atoms with E-state index in [-0.39, 0.29) is 23.5 Å². The van der Waals surface area contributed by atoms with Crippen LogP contribution in [-0.2, 0) is 15.8 Å². The van der Waals surface area contributed by atoms with Crippen LogP contribution in [0.3, 0.4) is 0 Å². The summed E-state index contributed by atoms with van der Waals surface area (Å²) in [6.07, 6.45) is 2.27. The van der Waals surface area contributed by atoms with Gasteiger partial charge in [-0.1, -0.05) is 17.3 Å². The molecule has 1 heterocycles. The fourth-order valence-corrected chi connectivity index (χ4v) is 4.43. The number of nitrogens with one attached hydrogen (secondary N) is 1. The Hall–Kier alpha value is -1.73. The molecule has 2 aromatic rings. The fraction of sp³-hybridized carbons (Fsp3) is 0.438. The number of nitrogens with zero attached hydrogens (tertiary/aromatic N) is 1. The third kappa shape index (κ3) is 4.17. The van der Waals surface area contributed by atoms with E-state index in [1.807, 2.05) is 6.07 Å². The molecule has 1 aromatic carbocycles. The summed E-state index contributed by atoms with van der Waals surface area (Å²) in [5.41, 5.74) is 1.58. The Morgan fingerprint density at radius 1 is 1.35 bits per heavy atom. The molecule has 0 bridgehead atoms. The number of hydrogen-bond donors (Lipinski definition) is 1. The summed E-state index contributed by atoms with van der Waals surface area (Å²) >= 11 is 0. The number of sulfonamides is 1. The molecule has 1 saturated carbocycles. The lowest BCUT2D eigenvalue weighted by molar-refractivity contribution is 0.388. The van der Waals surface area contributed by atoms with Crippen LogP contribution in [0.1, 0.15) is 42.2 Å². The van der Waals surface area contributed by atoms with Crippen LogP contribution in [0.25, 0.3) is 0 Å². The monoisotopic (exact) mass is 338 g/mol. The molecule has 0 aliphatic heterocycles. The van der Waals surface area contributed by atoms with Crippen molar-refractivity contribution in [2.24, 2.45) is 0 Å². The second kappa shape index (κ2) is 6.41. The lowest BCUT2D eigenvalue weighted by Gasteiger charge is -2.13. The van der Waals surface area contributed by atoms with Gasteiger partial charge in [0.25, 0.3) is 0 Å². The van der Waals surface area contributed by atoms with Crippen molar-refractivity contribution in [3.63, 3.8) is 0 Å². The summed E-state index contributed by atoms with van der Waals surface area (Å²) < 4.78 is 45.4. The van der Waals surface area contributed by atoms with Crippen molar-refractivity contribution in [1.82, 2.24) is 9.88 Å². The zero-order valence-electron chi connectivity index (χ0n) is 12.8. The van der Waals surface area contributed by atoms with Crippen LogP contribution in [0, 0.1) is 12.7 Å². The number of benzene rings is 1. The van der Waals surface area contributed by atoms with Crippen LogP contribution in [0.2, 0.25) is 0 Å². The van der Waals surface area contributed by atoms with Crippen LogP contribution in [-0.4, -0.2) is 19.6 Å². The molecule has 1 N–H and O–H groups in total. The van der Waals surface area contributed by atoms with Crippen molar-refractivity contribution in [3.05, 3.63) is 53.2 Å². The van der Waals surface area contributed by atoms with Gasteiger partial charge in [-0.2, -0.15) is 0 Å². The van der Waals surface area contributed by atoms with Crippen LogP contribution >= 0.6 is 0 Å². The van der Waals surface area contributed by atoms with Gasteiger partial charge in [0.05, 0.1) is 5.69 Å². The molecule has 5 nitrogen and oxygen atoms in total. The summed E-state index contributed by atoms with van der Waals surface area (Å²) in [6.45, 7) is 1.74. The first-order chi connectivity index (χ1) is 10.9. The second-order valence-corrected chi connectivity index (χ2v) is 7.83. The number of aryl methyl sites for hydroxylation is 1. The molecular weight excluding hydrogens is 319 g/mol. The fourth-order valence-electron chi connectivity index (χ4n) is 3.12. The van der Waals surface area contributed by atoms with Crippen molar-refractivity contribution in [1.29, 1.82) is 0 Å². The van der Waals surface area contributed by atoms with E-state index in [0.717, 1.165) is 18.4 Å². The number of hydrogen-bond acceptors (Lipinski definition) is 4. The molecule has 3 rings (SSSR count). The molecule has 124 valence electrons. The van der Waals surface area contributed by atoms with Gasteiger partial charge in [-0.25, -0.2) is 17.5 Å². The second-order valence-electron chi connectivity index (χ2n) is 6.07. The summed E-state index contributed by atoms with van der Waals surface area (Å²) in [5.74, 6) is 0.0439. The molecule has 0 radical (unpaired) electrons. The largest absolute Gasteiger partial charge is 0.360 e. The molecule has 2 atom stereocenters. The standard InChI is InChI=1S/C16H19FN2O3S/c1-11-7-16(22-18-11)10-23(20,21)19-15-6-5-13(9-15)12-3-2-4-14(17)8-12/h2-4,7-8,13,15,19H,5-6,9-10H2,1H3/t13-,15+/m0/s1. The molecule has 1 fully saturated rings. The maximum atomic E-state index is 13.3. The van der Waals surface area contributed by atoms with Crippen molar-refractivity contribution in [2.75, 3.05) is 0 Å². The van der Waals surface area contributed by atoms with E-state index in [9.17, 15) is 12.8 Å².